The molecule has 1 aliphatic carbocycles. The fourth-order valence-electron chi connectivity index (χ4n) is 6.04. The standard InChI is InChI=1S/C28H37N7O3/c1-16(2)11-20(14-29-5)24-25-22(13-23(30-24)26-32-28(37)38-33-26)31-27(34-15-21(36)12-17(34)3)35(25)18(4)19-9-7-6-8-10-19/h11,13-14,17-19,21,36H,1,6-10,12,15H2,2-5H3,(H,32,33,37)/b20-11+,29-14?/t17-,18?,21?/m1/s1. The van der Waals surface area contributed by atoms with Crippen LogP contribution in [0.25, 0.3) is 28.1 Å². The van der Waals surface area contributed by atoms with Gasteiger partial charge in [0.2, 0.25) is 11.8 Å². The highest BCUT2D eigenvalue weighted by atomic mass is 16.5. The third-order valence-corrected chi connectivity index (χ3v) is 7.82. The molecule has 2 fully saturated rings. The van der Waals surface area contributed by atoms with Gasteiger partial charge in [-0.1, -0.05) is 36.6 Å². The van der Waals surface area contributed by atoms with Gasteiger partial charge < -0.3 is 14.6 Å². The molecule has 3 aromatic rings. The lowest BCUT2D eigenvalue weighted by molar-refractivity contribution is 0.195. The van der Waals surface area contributed by atoms with Crippen LogP contribution in [0.5, 0.6) is 0 Å². The van der Waals surface area contributed by atoms with Crippen molar-refractivity contribution in [3.05, 3.63) is 40.5 Å². The number of aliphatic imine (C=N–C) groups is 1. The summed E-state index contributed by atoms with van der Waals surface area (Å²) in [6.07, 6.45) is 10.1. The van der Waals surface area contributed by atoms with E-state index in [-0.39, 0.29) is 17.9 Å². The van der Waals surface area contributed by atoms with Crippen molar-refractivity contribution in [2.45, 2.75) is 77.5 Å². The number of H-pyrrole nitrogens is 1. The minimum Gasteiger partial charge on any atom is -0.391 e. The molecule has 1 aliphatic heterocycles. The van der Waals surface area contributed by atoms with E-state index in [1.54, 1.807) is 13.3 Å². The van der Waals surface area contributed by atoms with Gasteiger partial charge in [-0.3, -0.25) is 14.5 Å². The summed E-state index contributed by atoms with van der Waals surface area (Å²) in [6.45, 7) is 11.0. The first-order valence-electron chi connectivity index (χ1n) is 13.5. The van der Waals surface area contributed by atoms with E-state index in [0.29, 0.717) is 30.3 Å². The molecule has 0 radical (unpaired) electrons. The zero-order valence-electron chi connectivity index (χ0n) is 22.6. The lowest BCUT2D eigenvalue weighted by Crippen LogP contribution is -2.32. The van der Waals surface area contributed by atoms with Gasteiger partial charge in [0.05, 0.1) is 22.8 Å². The van der Waals surface area contributed by atoms with Gasteiger partial charge in [0, 0.05) is 37.5 Å². The summed E-state index contributed by atoms with van der Waals surface area (Å²) in [7, 11) is 1.73. The van der Waals surface area contributed by atoms with E-state index in [2.05, 4.69) is 45.0 Å². The first kappa shape index (κ1) is 26.1. The third-order valence-electron chi connectivity index (χ3n) is 7.82. The quantitative estimate of drug-likeness (QED) is 0.347. The van der Waals surface area contributed by atoms with Crippen LogP contribution >= 0.6 is 0 Å². The van der Waals surface area contributed by atoms with E-state index in [4.69, 9.17) is 14.5 Å². The molecule has 38 heavy (non-hydrogen) atoms. The number of aliphatic hydroxyl groups excluding tert-OH is 1. The van der Waals surface area contributed by atoms with Crippen LogP contribution in [0.15, 0.2) is 38.6 Å². The highest BCUT2D eigenvalue weighted by Crippen LogP contribution is 2.41. The maximum absolute atomic E-state index is 11.8. The molecular weight excluding hydrogens is 482 g/mol. The van der Waals surface area contributed by atoms with Gasteiger partial charge in [0.1, 0.15) is 5.69 Å². The Morgan fingerprint density at radius 3 is 2.68 bits per heavy atom. The van der Waals surface area contributed by atoms with Crippen molar-refractivity contribution in [1.82, 2.24) is 24.7 Å². The number of aromatic nitrogens is 5. The summed E-state index contributed by atoms with van der Waals surface area (Å²) in [5.74, 6) is 0.936. The summed E-state index contributed by atoms with van der Waals surface area (Å²) in [5.41, 5.74) is 4.41. The van der Waals surface area contributed by atoms with Gasteiger partial charge in [-0.15, -0.1) is 0 Å². The van der Waals surface area contributed by atoms with Crippen LogP contribution in [0.2, 0.25) is 0 Å². The van der Waals surface area contributed by atoms with Crippen molar-refractivity contribution in [1.29, 1.82) is 0 Å². The number of hydrogen-bond acceptors (Lipinski definition) is 8. The number of imidazole rings is 1. The molecule has 5 rings (SSSR count). The Bertz CT molecular complexity index is 1440. The van der Waals surface area contributed by atoms with Crippen molar-refractivity contribution in [2.75, 3.05) is 18.5 Å². The summed E-state index contributed by atoms with van der Waals surface area (Å²) in [6, 6.07) is 2.16. The Morgan fingerprint density at radius 1 is 1.32 bits per heavy atom. The smallest absolute Gasteiger partial charge is 0.391 e. The van der Waals surface area contributed by atoms with Gasteiger partial charge in [-0.25, -0.2) is 14.8 Å². The number of aromatic amines is 1. The molecule has 3 aromatic heterocycles. The van der Waals surface area contributed by atoms with Crippen molar-refractivity contribution in [3.8, 4) is 11.5 Å². The molecule has 0 aromatic carbocycles. The molecule has 2 unspecified atom stereocenters. The molecule has 1 saturated carbocycles. The molecule has 0 bridgehead atoms. The van der Waals surface area contributed by atoms with Crippen LogP contribution in [0.4, 0.5) is 5.95 Å². The minimum absolute atomic E-state index is 0.143. The van der Waals surface area contributed by atoms with Crippen LogP contribution in [-0.4, -0.2) is 61.7 Å². The average molecular weight is 520 g/mol. The Kier molecular flexibility index (Phi) is 7.34. The predicted molar refractivity (Wildman–Crippen MR) is 150 cm³/mol. The van der Waals surface area contributed by atoms with Crippen LogP contribution < -0.4 is 10.7 Å². The predicted octanol–water partition coefficient (Wildman–Crippen LogP) is 4.54. The number of rotatable bonds is 7. The van der Waals surface area contributed by atoms with Crippen LogP contribution in [0.1, 0.15) is 71.0 Å². The van der Waals surface area contributed by atoms with Gasteiger partial charge in [0.25, 0.3) is 0 Å². The molecule has 10 nitrogen and oxygen atoms in total. The largest absolute Gasteiger partial charge is 0.439 e. The molecule has 10 heteroatoms. The fourth-order valence-corrected chi connectivity index (χ4v) is 6.04. The monoisotopic (exact) mass is 519 g/mol. The van der Waals surface area contributed by atoms with Crippen LogP contribution in [0.3, 0.4) is 0 Å². The Labute approximate surface area is 222 Å². The van der Waals surface area contributed by atoms with Gasteiger partial charge in [0.15, 0.2) is 0 Å². The van der Waals surface area contributed by atoms with Crippen molar-refractivity contribution in [2.24, 2.45) is 10.9 Å². The summed E-state index contributed by atoms with van der Waals surface area (Å²) >= 11 is 0. The lowest BCUT2D eigenvalue weighted by Gasteiger charge is -2.33. The Balaban J connectivity index is 1.82. The zero-order valence-corrected chi connectivity index (χ0v) is 22.6. The SMILES string of the molecule is C=C(C)/C=C(\C=NC)c1nc(-c2noc(=O)[nH]2)cc2nc(N3CC(O)C[C@H]3C)n(C(C)C3CCCCC3)c12. The summed E-state index contributed by atoms with van der Waals surface area (Å²) < 4.78 is 7.11. The van der Waals surface area contributed by atoms with E-state index in [1.165, 1.54) is 32.1 Å². The first-order chi connectivity index (χ1) is 18.3. The lowest BCUT2D eigenvalue weighted by atomic mass is 9.84. The van der Waals surface area contributed by atoms with Crippen LogP contribution in [-0.2, 0) is 0 Å². The number of pyridine rings is 1. The minimum atomic E-state index is -0.645. The number of nitrogens with one attached hydrogen (secondary N) is 1. The molecule has 4 heterocycles. The van der Waals surface area contributed by atoms with E-state index in [1.807, 2.05) is 19.1 Å². The van der Waals surface area contributed by atoms with E-state index in [9.17, 15) is 9.90 Å². The van der Waals surface area contributed by atoms with Crippen LogP contribution in [0, 0.1) is 5.92 Å². The molecule has 2 aliphatic rings. The van der Waals surface area contributed by atoms with Crippen molar-refractivity contribution >= 4 is 28.8 Å². The van der Waals surface area contributed by atoms with E-state index in [0.717, 1.165) is 28.1 Å². The number of nitrogens with zero attached hydrogens (tertiary/aromatic N) is 6. The van der Waals surface area contributed by atoms with Crippen molar-refractivity contribution in [3.63, 3.8) is 0 Å². The second kappa shape index (κ2) is 10.7. The highest BCUT2D eigenvalue weighted by molar-refractivity contribution is 6.14. The molecule has 1 saturated heterocycles. The van der Waals surface area contributed by atoms with Gasteiger partial charge in [-0.05, 0) is 58.1 Å². The number of aliphatic hydroxyl groups is 1. The molecule has 3 atom stereocenters. The number of allylic oxidation sites excluding steroid dienone is 3. The van der Waals surface area contributed by atoms with Gasteiger partial charge >= 0.3 is 5.76 Å². The summed E-state index contributed by atoms with van der Waals surface area (Å²) in [5, 5.41) is 14.4. The second-order valence-corrected chi connectivity index (χ2v) is 10.8. The number of fused-ring (bicyclic) bond motifs is 1. The molecule has 0 amide bonds. The Hall–Kier alpha value is -3.53. The number of β-amino-alcohol motifs (C(OH)–C–C–N with tert-alkyl or cyclic N) is 1. The average Bonchev–Trinajstić information content (AvgIpc) is 3.58. The van der Waals surface area contributed by atoms with Gasteiger partial charge in [-0.2, -0.15) is 0 Å². The van der Waals surface area contributed by atoms with E-state index >= 15 is 0 Å². The number of anilines is 1. The molecular formula is C28H37N7O3. The van der Waals surface area contributed by atoms with E-state index < -0.39 is 11.9 Å². The first-order valence-corrected chi connectivity index (χ1v) is 13.5. The maximum atomic E-state index is 11.8. The van der Waals surface area contributed by atoms with Crippen molar-refractivity contribution < 1.29 is 9.63 Å². The molecule has 2 N–H and O–H groups in total. The molecule has 202 valence electrons. The summed E-state index contributed by atoms with van der Waals surface area (Å²) in [4.78, 5) is 31.0. The normalized spacial score (nSPS) is 22.1. The maximum Gasteiger partial charge on any atom is 0.439 e. The molecule has 0 spiro atoms. The fraction of sp³-hybridized carbons (Fsp3) is 0.536. The third kappa shape index (κ3) is 4.97. The number of hydrogen-bond donors (Lipinski definition) is 2. The highest BCUT2D eigenvalue weighted by Gasteiger charge is 2.35. The second-order valence-electron chi connectivity index (χ2n) is 10.8. The zero-order chi connectivity index (χ0) is 27.0. The topological polar surface area (TPSA) is 125 Å². The Morgan fingerprint density at radius 2 is 2.08 bits per heavy atom.